The van der Waals surface area contributed by atoms with Gasteiger partial charge in [0.05, 0.1) is 33.5 Å². The van der Waals surface area contributed by atoms with Crippen molar-refractivity contribution in [3.8, 4) is 39.6 Å². The Morgan fingerprint density at radius 3 is 1.96 bits per heavy atom. The highest BCUT2D eigenvalue weighted by molar-refractivity contribution is 7.25. The molecule has 1 aliphatic heterocycles. The van der Waals surface area contributed by atoms with Crippen molar-refractivity contribution in [2.75, 3.05) is 0 Å². The van der Waals surface area contributed by atoms with E-state index < -0.39 is 0 Å². The maximum Gasteiger partial charge on any atom is 0.160 e. The van der Waals surface area contributed by atoms with Crippen molar-refractivity contribution in [3.63, 3.8) is 0 Å². The van der Waals surface area contributed by atoms with E-state index in [0.717, 1.165) is 105 Å². The molecule has 2 bridgehead atoms. The fourth-order valence-electron chi connectivity index (χ4n) is 11.4. The number of hydrogen-bond acceptors (Lipinski definition) is 5. The zero-order valence-electron chi connectivity index (χ0n) is 35.7. The van der Waals surface area contributed by atoms with Crippen molar-refractivity contribution in [1.29, 1.82) is 0 Å². The molecule has 0 N–H and O–H groups in total. The van der Waals surface area contributed by atoms with Crippen LogP contribution in [0.2, 0.25) is 0 Å². The van der Waals surface area contributed by atoms with Crippen molar-refractivity contribution >= 4 is 119 Å². The third kappa shape index (κ3) is 4.92. The lowest BCUT2D eigenvalue weighted by Gasteiger charge is -2.21. The first kappa shape index (κ1) is 35.7. The third-order valence-electron chi connectivity index (χ3n) is 14.3. The van der Waals surface area contributed by atoms with Crippen molar-refractivity contribution < 1.29 is 8.83 Å². The zero-order chi connectivity index (χ0) is 43.5. The molecule has 0 amide bonds. The maximum atomic E-state index is 7.00. The molecular formula is C61H33N3O2S. The van der Waals surface area contributed by atoms with E-state index in [2.05, 4.69) is 180 Å². The number of para-hydroxylation sites is 2. The lowest BCUT2D eigenvalue weighted by Crippen LogP contribution is -2.06. The molecule has 6 heteroatoms. The van der Waals surface area contributed by atoms with Crippen molar-refractivity contribution in [2.24, 2.45) is 0 Å². The Kier molecular flexibility index (Phi) is 6.95. The molecular weight excluding hydrogens is 839 g/mol. The molecule has 0 spiro atoms. The summed E-state index contributed by atoms with van der Waals surface area (Å²) in [5, 5.41) is 13.7. The van der Waals surface area contributed by atoms with E-state index in [9.17, 15) is 0 Å². The number of benzene rings is 10. The molecule has 67 heavy (non-hydrogen) atoms. The summed E-state index contributed by atoms with van der Waals surface area (Å²) < 4.78 is 18.5. The van der Waals surface area contributed by atoms with Gasteiger partial charge in [0.15, 0.2) is 5.82 Å². The summed E-state index contributed by atoms with van der Waals surface area (Å²) in [5.41, 5.74) is 13.8. The molecule has 310 valence electrons. The molecule has 6 heterocycles. The topological polar surface area (TPSA) is 57.0 Å². The second-order valence-corrected chi connectivity index (χ2v) is 19.1. The number of rotatable bonds is 2. The highest BCUT2D eigenvalue weighted by Crippen LogP contribution is 2.51. The fourth-order valence-corrected chi connectivity index (χ4v) is 12.5. The normalized spacial score (nSPS) is 12.7. The molecule has 0 radical (unpaired) electrons. The molecule has 16 rings (SSSR count). The van der Waals surface area contributed by atoms with E-state index in [4.69, 9.17) is 18.8 Å². The van der Waals surface area contributed by atoms with Crippen LogP contribution in [-0.4, -0.2) is 14.5 Å². The standard InChI is InChI=1S/C61H33N3O2S/c1-2-12-35-30-49-46(29-34(35)11-1)38-24-21-33-27-47-57(36-22-26-42-41-14-7-10-20-53(41)67-54(42)32-36)62-61(37-23-25-40-39-13-5-8-18-50(39)65-52(40)31-37)63-58(47)55-43-15-3-4-16-44(43)60-56(59(55)64(49)48(38)28-33)45-17-6-9-19-51(45)66-60/h1-26,28-32H,27H2. The highest BCUT2D eigenvalue weighted by atomic mass is 32.1. The van der Waals surface area contributed by atoms with Gasteiger partial charge in [-0.05, 0) is 76.3 Å². The van der Waals surface area contributed by atoms with Gasteiger partial charge in [0.2, 0.25) is 0 Å². The van der Waals surface area contributed by atoms with Gasteiger partial charge >= 0.3 is 0 Å². The summed E-state index contributed by atoms with van der Waals surface area (Å²) in [6.07, 6.45) is 0.620. The first-order valence-electron chi connectivity index (χ1n) is 22.8. The van der Waals surface area contributed by atoms with Crippen LogP contribution in [-0.2, 0) is 6.42 Å². The molecule has 0 atom stereocenters. The fraction of sp³-hybridized carbons (Fsp3) is 0.0164. The van der Waals surface area contributed by atoms with Crippen LogP contribution in [0.3, 0.4) is 0 Å². The van der Waals surface area contributed by atoms with Crippen molar-refractivity contribution in [1.82, 2.24) is 14.5 Å². The zero-order valence-corrected chi connectivity index (χ0v) is 36.5. The van der Waals surface area contributed by atoms with Gasteiger partial charge in [-0.15, -0.1) is 11.3 Å². The summed E-state index contributed by atoms with van der Waals surface area (Å²) in [6.45, 7) is 0. The first-order valence-corrected chi connectivity index (χ1v) is 23.6. The summed E-state index contributed by atoms with van der Waals surface area (Å²) in [4.78, 5) is 11.5. The Balaban J connectivity index is 1.11. The maximum absolute atomic E-state index is 7.00. The van der Waals surface area contributed by atoms with Crippen LogP contribution in [0.1, 0.15) is 11.1 Å². The number of nitrogens with zero attached hydrogens (tertiary/aromatic N) is 3. The van der Waals surface area contributed by atoms with Gasteiger partial charge in [-0.2, -0.15) is 0 Å². The van der Waals surface area contributed by atoms with Crippen molar-refractivity contribution in [2.45, 2.75) is 6.42 Å². The minimum Gasteiger partial charge on any atom is -0.456 e. The third-order valence-corrected chi connectivity index (χ3v) is 15.5. The summed E-state index contributed by atoms with van der Waals surface area (Å²) in [6, 6.07) is 67.9. The molecule has 0 aliphatic carbocycles. The quantitative estimate of drug-likeness (QED) is 0.174. The Bertz CT molecular complexity index is 4680. The molecule has 5 aromatic heterocycles. The highest BCUT2D eigenvalue weighted by Gasteiger charge is 2.31. The molecule has 0 fully saturated rings. The Morgan fingerprint density at radius 1 is 0.433 bits per heavy atom. The van der Waals surface area contributed by atoms with E-state index in [1.54, 1.807) is 0 Å². The number of fused-ring (bicyclic) bond motifs is 22. The van der Waals surface area contributed by atoms with Crippen LogP contribution < -0.4 is 0 Å². The summed E-state index contributed by atoms with van der Waals surface area (Å²) in [7, 11) is 0. The van der Waals surface area contributed by atoms with Gasteiger partial charge < -0.3 is 13.4 Å². The van der Waals surface area contributed by atoms with Gasteiger partial charge in [0, 0.05) is 81.2 Å². The molecule has 0 saturated carbocycles. The van der Waals surface area contributed by atoms with E-state index in [-0.39, 0.29) is 0 Å². The predicted molar refractivity (Wildman–Crippen MR) is 278 cm³/mol. The van der Waals surface area contributed by atoms with Crippen LogP contribution in [0.4, 0.5) is 0 Å². The summed E-state index contributed by atoms with van der Waals surface area (Å²) >= 11 is 1.83. The lowest BCUT2D eigenvalue weighted by atomic mass is 9.89. The largest absolute Gasteiger partial charge is 0.456 e. The summed E-state index contributed by atoms with van der Waals surface area (Å²) in [5.74, 6) is 0.638. The SMILES string of the molecule is c1ccc2cc3c(cc2c1)c1ccc2cc1n3-c1c(c3ccccc3c3oc4ccccc4c13)-c1nc(-c3ccc4c(c3)oc3ccccc34)nc(-c3ccc4c(c3)sc3ccccc34)c1C2. The Morgan fingerprint density at radius 2 is 1.07 bits per heavy atom. The van der Waals surface area contributed by atoms with E-state index in [1.165, 1.54) is 47.3 Å². The Labute approximate surface area is 385 Å². The molecule has 10 aromatic carbocycles. The lowest BCUT2D eigenvalue weighted by molar-refractivity contribution is 0.669. The van der Waals surface area contributed by atoms with E-state index in [0.29, 0.717) is 12.2 Å². The molecule has 15 aromatic rings. The second-order valence-electron chi connectivity index (χ2n) is 18.0. The number of hydrogen-bond donors (Lipinski definition) is 0. The van der Waals surface area contributed by atoms with E-state index >= 15 is 0 Å². The molecule has 5 nitrogen and oxygen atoms in total. The molecule has 1 aliphatic rings. The Hall–Kier alpha value is -8.58. The molecule has 0 unspecified atom stereocenters. The molecule has 0 saturated heterocycles. The van der Waals surface area contributed by atoms with Gasteiger partial charge in [-0.1, -0.05) is 133 Å². The average molecular weight is 872 g/mol. The average Bonchev–Trinajstić information content (AvgIpc) is 4.14. The number of furan rings is 2. The number of aromatic nitrogens is 3. The van der Waals surface area contributed by atoms with Crippen LogP contribution >= 0.6 is 11.3 Å². The van der Waals surface area contributed by atoms with Crippen molar-refractivity contribution in [3.05, 3.63) is 199 Å². The van der Waals surface area contributed by atoms with Gasteiger partial charge in [0.25, 0.3) is 0 Å². The predicted octanol–water partition coefficient (Wildman–Crippen LogP) is 17.0. The van der Waals surface area contributed by atoms with Crippen LogP contribution in [0.25, 0.3) is 147 Å². The van der Waals surface area contributed by atoms with E-state index in [1.807, 2.05) is 23.5 Å². The van der Waals surface area contributed by atoms with Crippen LogP contribution in [0.15, 0.2) is 197 Å². The van der Waals surface area contributed by atoms with Gasteiger partial charge in [-0.3, -0.25) is 0 Å². The smallest absolute Gasteiger partial charge is 0.160 e. The monoisotopic (exact) mass is 871 g/mol. The first-order chi connectivity index (χ1) is 33.2. The minimum absolute atomic E-state index is 0.620. The minimum atomic E-state index is 0.620. The van der Waals surface area contributed by atoms with Gasteiger partial charge in [0.1, 0.15) is 22.3 Å². The number of thiophene rings is 1. The van der Waals surface area contributed by atoms with Crippen LogP contribution in [0, 0.1) is 0 Å². The second kappa shape index (κ2) is 13.0. The van der Waals surface area contributed by atoms with Crippen LogP contribution in [0.5, 0.6) is 0 Å². The van der Waals surface area contributed by atoms with Gasteiger partial charge in [-0.25, -0.2) is 9.97 Å².